The second-order valence-electron chi connectivity index (χ2n) is 6.59. The molecule has 3 amide bonds. The summed E-state index contributed by atoms with van der Waals surface area (Å²) in [6, 6.07) is 16.0. The number of halogens is 1. The first kappa shape index (κ1) is 19.5. The molecule has 0 bridgehead atoms. The smallest absolute Gasteiger partial charge is 0.335 e. The van der Waals surface area contributed by atoms with Crippen molar-refractivity contribution in [1.82, 2.24) is 10.2 Å². The topological polar surface area (TPSA) is 99.9 Å². The van der Waals surface area contributed by atoms with Crippen LogP contribution in [-0.2, 0) is 11.3 Å². The highest BCUT2D eigenvalue weighted by atomic mass is 35.5. The normalized spacial score (nSPS) is 15.0. The van der Waals surface area contributed by atoms with Crippen LogP contribution in [0.3, 0.4) is 0 Å². The number of nitrogens with one attached hydrogen (secondary N) is 1. The molecule has 30 heavy (non-hydrogen) atoms. The standard InChI is InChI=1S/C22H15ClN2O5/c23-16-7-1-13(2-8-16)12-25-20(26)18(24-22(25)29)11-17-9-10-19(30-17)14-3-5-15(6-4-14)21(27)28/h1-11H,12H2,(H,24,29)(H,27,28)/b18-11-. The minimum atomic E-state index is -1.01. The summed E-state index contributed by atoms with van der Waals surface area (Å²) in [5.74, 6) is -0.582. The number of furan rings is 1. The van der Waals surface area contributed by atoms with Crippen molar-refractivity contribution in [1.29, 1.82) is 0 Å². The molecule has 0 spiro atoms. The molecular formula is C22H15ClN2O5. The lowest BCUT2D eigenvalue weighted by atomic mass is 10.1. The van der Waals surface area contributed by atoms with Crippen LogP contribution in [0.5, 0.6) is 0 Å². The van der Waals surface area contributed by atoms with Gasteiger partial charge in [0.25, 0.3) is 5.91 Å². The lowest BCUT2D eigenvalue weighted by Crippen LogP contribution is -2.30. The number of carbonyl (C=O) groups is 3. The van der Waals surface area contributed by atoms with Gasteiger partial charge < -0.3 is 14.8 Å². The zero-order valence-electron chi connectivity index (χ0n) is 15.5. The summed E-state index contributed by atoms with van der Waals surface area (Å²) in [5, 5.41) is 12.1. The summed E-state index contributed by atoms with van der Waals surface area (Å²) >= 11 is 5.86. The quantitative estimate of drug-likeness (QED) is 0.469. The molecule has 2 aromatic carbocycles. The molecule has 0 saturated carbocycles. The van der Waals surface area contributed by atoms with Crippen LogP contribution in [0.2, 0.25) is 5.02 Å². The van der Waals surface area contributed by atoms with Crippen LogP contribution in [0.4, 0.5) is 4.79 Å². The largest absolute Gasteiger partial charge is 0.478 e. The lowest BCUT2D eigenvalue weighted by Gasteiger charge is -2.11. The first-order chi connectivity index (χ1) is 14.4. The first-order valence-corrected chi connectivity index (χ1v) is 9.31. The van der Waals surface area contributed by atoms with Gasteiger partial charge >= 0.3 is 12.0 Å². The van der Waals surface area contributed by atoms with Crippen LogP contribution in [0, 0.1) is 0 Å². The van der Waals surface area contributed by atoms with Gasteiger partial charge in [-0.25, -0.2) is 9.59 Å². The number of urea groups is 1. The predicted octanol–water partition coefficient (Wildman–Crippen LogP) is 4.39. The van der Waals surface area contributed by atoms with Crippen molar-refractivity contribution >= 4 is 35.6 Å². The number of hydrogen-bond donors (Lipinski definition) is 2. The third kappa shape index (κ3) is 3.97. The summed E-state index contributed by atoms with van der Waals surface area (Å²) in [6.07, 6.45) is 1.46. The summed E-state index contributed by atoms with van der Waals surface area (Å²) < 4.78 is 5.72. The summed E-state index contributed by atoms with van der Waals surface area (Å²) in [6.45, 7) is 0.124. The fourth-order valence-electron chi connectivity index (χ4n) is 2.99. The van der Waals surface area contributed by atoms with Crippen molar-refractivity contribution in [3.63, 3.8) is 0 Å². The van der Waals surface area contributed by atoms with Crippen molar-refractivity contribution in [2.24, 2.45) is 0 Å². The highest BCUT2D eigenvalue weighted by Gasteiger charge is 2.33. The van der Waals surface area contributed by atoms with E-state index in [1.807, 2.05) is 0 Å². The van der Waals surface area contributed by atoms with Gasteiger partial charge in [0.2, 0.25) is 0 Å². The zero-order valence-corrected chi connectivity index (χ0v) is 16.2. The SMILES string of the molecule is O=C(O)c1ccc(-c2ccc(/C=C3\NC(=O)N(Cc4ccc(Cl)cc4)C3=O)o2)cc1. The third-order valence-electron chi connectivity index (χ3n) is 4.55. The summed E-state index contributed by atoms with van der Waals surface area (Å²) in [4.78, 5) is 36.9. The van der Waals surface area contributed by atoms with Gasteiger partial charge in [-0.05, 0) is 42.0 Å². The number of aromatic carboxylic acids is 1. The number of rotatable bonds is 5. The minimum absolute atomic E-state index is 0.107. The number of hydrogen-bond acceptors (Lipinski definition) is 4. The number of carboxylic acids is 1. The van der Waals surface area contributed by atoms with Crippen molar-refractivity contribution in [3.8, 4) is 11.3 Å². The van der Waals surface area contributed by atoms with Gasteiger partial charge in [-0.3, -0.25) is 9.69 Å². The second kappa shape index (κ2) is 7.88. The Hall–Kier alpha value is -3.84. The summed E-state index contributed by atoms with van der Waals surface area (Å²) in [7, 11) is 0. The van der Waals surface area contributed by atoms with Crippen LogP contribution in [-0.4, -0.2) is 27.9 Å². The number of imide groups is 1. The molecule has 7 nitrogen and oxygen atoms in total. The Morgan fingerprint density at radius 2 is 1.73 bits per heavy atom. The van der Waals surface area contributed by atoms with Crippen LogP contribution in [0.1, 0.15) is 21.7 Å². The van der Waals surface area contributed by atoms with Gasteiger partial charge in [-0.2, -0.15) is 0 Å². The highest BCUT2D eigenvalue weighted by molar-refractivity contribution is 6.30. The van der Waals surface area contributed by atoms with E-state index in [4.69, 9.17) is 21.1 Å². The number of nitrogens with zero attached hydrogens (tertiary/aromatic N) is 1. The van der Waals surface area contributed by atoms with E-state index in [0.717, 1.165) is 10.5 Å². The molecule has 1 aliphatic rings. The van der Waals surface area contributed by atoms with E-state index in [9.17, 15) is 14.4 Å². The summed E-state index contributed by atoms with van der Waals surface area (Å²) in [5.41, 5.74) is 1.74. The number of carboxylic acid groups (broad SMARTS) is 1. The Labute approximate surface area is 176 Å². The molecule has 4 rings (SSSR count). The predicted molar refractivity (Wildman–Crippen MR) is 110 cm³/mol. The van der Waals surface area contributed by atoms with E-state index in [1.165, 1.54) is 18.2 Å². The Kier molecular flexibility index (Phi) is 5.12. The molecule has 3 aromatic rings. The number of carbonyl (C=O) groups excluding carboxylic acids is 2. The van der Waals surface area contributed by atoms with E-state index in [1.54, 1.807) is 48.5 Å². The van der Waals surface area contributed by atoms with E-state index in [2.05, 4.69) is 5.32 Å². The Balaban J connectivity index is 1.51. The van der Waals surface area contributed by atoms with E-state index < -0.39 is 17.9 Å². The van der Waals surface area contributed by atoms with Gasteiger partial charge in [0, 0.05) is 16.7 Å². The molecule has 0 aliphatic carbocycles. The molecule has 150 valence electrons. The molecule has 0 atom stereocenters. The first-order valence-electron chi connectivity index (χ1n) is 8.93. The highest BCUT2D eigenvalue weighted by Crippen LogP contribution is 2.25. The Morgan fingerprint density at radius 3 is 2.40 bits per heavy atom. The van der Waals surface area contributed by atoms with Crippen LogP contribution in [0.15, 0.2) is 70.8 Å². The van der Waals surface area contributed by atoms with Crippen LogP contribution in [0.25, 0.3) is 17.4 Å². The monoisotopic (exact) mass is 422 g/mol. The maximum atomic E-state index is 12.6. The molecule has 1 aromatic heterocycles. The molecule has 1 saturated heterocycles. The van der Waals surface area contributed by atoms with Gasteiger partial charge in [0.05, 0.1) is 12.1 Å². The molecule has 0 unspecified atom stereocenters. The van der Waals surface area contributed by atoms with E-state index in [-0.39, 0.29) is 17.8 Å². The van der Waals surface area contributed by atoms with Gasteiger partial charge in [0.1, 0.15) is 17.2 Å². The van der Waals surface area contributed by atoms with Gasteiger partial charge in [0.15, 0.2) is 0 Å². The molecule has 1 aliphatic heterocycles. The average Bonchev–Trinajstić information content (AvgIpc) is 3.30. The zero-order chi connectivity index (χ0) is 21.3. The molecule has 1 fully saturated rings. The molecule has 0 radical (unpaired) electrons. The minimum Gasteiger partial charge on any atom is -0.478 e. The Bertz CT molecular complexity index is 1160. The van der Waals surface area contributed by atoms with Crippen LogP contribution >= 0.6 is 11.6 Å². The Morgan fingerprint density at radius 1 is 1.03 bits per heavy atom. The van der Waals surface area contributed by atoms with E-state index in [0.29, 0.717) is 22.1 Å². The van der Waals surface area contributed by atoms with Crippen molar-refractivity contribution in [2.45, 2.75) is 6.54 Å². The fraction of sp³-hybridized carbons (Fsp3) is 0.0455. The molecule has 2 heterocycles. The molecule has 2 N–H and O–H groups in total. The van der Waals surface area contributed by atoms with Crippen LogP contribution < -0.4 is 5.32 Å². The van der Waals surface area contributed by atoms with Crippen molar-refractivity contribution in [2.75, 3.05) is 0 Å². The third-order valence-corrected chi connectivity index (χ3v) is 4.80. The fourth-order valence-corrected chi connectivity index (χ4v) is 3.12. The maximum absolute atomic E-state index is 12.6. The lowest BCUT2D eigenvalue weighted by molar-refractivity contribution is -0.123. The average molecular weight is 423 g/mol. The van der Waals surface area contributed by atoms with Gasteiger partial charge in [-0.1, -0.05) is 35.9 Å². The second-order valence-corrected chi connectivity index (χ2v) is 7.03. The number of amides is 3. The van der Waals surface area contributed by atoms with Crippen molar-refractivity contribution in [3.05, 3.63) is 88.3 Å². The maximum Gasteiger partial charge on any atom is 0.335 e. The molecular weight excluding hydrogens is 408 g/mol. The van der Waals surface area contributed by atoms with Crippen molar-refractivity contribution < 1.29 is 23.9 Å². The number of benzene rings is 2. The van der Waals surface area contributed by atoms with Gasteiger partial charge in [-0.15, -0.1) is 0 Å². The van der Waals surface area contributed by atoms with E-state index >= 15 is 0 Å². The molecule has 8 heteroatoms.